The van der Waals surface area contributed by atoms with E-state index in [9.17, 15) is 0 Å². The lowest BCUT2D eigenvalue weighted by atomic mass is 9.99. The summed E-state index contributed by atoms with van der Waals surface area (Å²) in [5.41, 5.74) is 11.4. The SMILES string of the molecule is CCCc1nn(C)cc1-c1ccc(N)cc1C. The van der Waals surface area contributed by atoms with Gasteiger partial charge in [-0.15, -0.1) is 0 Å². The third-order valence-corrected chi connectivity index (χ3v) is 2.93. The fraction of sp³-hybridized carbons (Fsp3) is 0.357. The number of nitrogen functional groups attached to an aromatic ring is 1. The molecule has 1 aromatic carbocycles. The summed E-state index contributed by atoms with van der Waals surface area (Å²) in [5.74, 6) is 0. The van der Waals surface area contributed by atoms with E-state index in [0.29, 0.717) is 0 Å². The molecule has 0 aliphatic carbocycles. The molecule has 0 spiro atoms. The van der Waals surface area contributed by atoms with E-state index in [0.717, 1.165) is 18.5 Å². The van der Waals surface area contributed by atoms with Crippen LogP contribution in [0.2, 0.25) is 0 Å². The average molecular weight is 229 g/mol. The number of hydrogen-bond donors (Lipinski definition) is 1. The zero-order chi connectivity index (χ0) is 12.4. The number of anilines is 1. The highest BCUT2D eigenvalue weighted by Gasteiger charge is 2.11. The molecule has 0 bridgehead atoms. The van der Waals surface area contributed by atoms with Crippen molar-refractivity contribution in [3.63, 3.8) is 0 Å². The van der Waals surface area contributed by atoms with Gasteiger partial charge in [0.15, 0.2) is 0 Å². The maximum absolute atomic E-state index is 5.79. The lowest BCUT2D eigenvalue weighted by molar-refractivity contribution is 0.733. The summed E-state index contributed by atoms with van der Waals surface area (Å²) in [6.07, 6.45) is 4.21. The molecule has 0 aliphatic heterocycles. The molecule has 3 heteroatoms. The lowest BCUT2D eigenvalue weighted by Gasteiger charge is -2.06. The molecule has 0 saturated carbocycles. The van der Waals surface area contributed by atoms with Gasteiger partial charge in [0.05, 0.1) is 5.69 Å². The van der Waals surface area contributed by atoms with Crippen molar-refractivity contribution in [1.82, 2.24) is 9.78 Å². The molecule has 3 nitrogen and oxygen atoms in total. The van der Waals surface area contributed by atoms with Gasteiger partial charge in [-0.25, -0.2) is 0 Å². The predicted octanol–water partition coefficient (Wildman–Crippen LogP) is 2.93. The molecule has 2 rings (SSSR count). The molecule has 90 valence electrons. The number of rotatable bonds is 3. The summed E-state index contributed by atoms with van der Waals surface area (Å²) in [5, 5.41) is 4.53. The maximum Gasteiger partial charge on any atom is 0.0702 e. The molecule has 2 aromatic rings. The first kappa shape index (κ1) is 11.7. The van der Waals surface area contributed by atoms with E-state index in [1.165, 1.54) is 22.4 Å². The highest BCUT2D eigenvalue weighted by molar-refractivity contribution is 5.71. The normalized spacial score (nSPS) is 10.8. The molecule has 2 N–H and O–H groups in total. The van der Waals surface area contributed by atoms with Crippen LogP contribution in [0.25, 0.3) is 11.1 Å². The Morgan fingerprint density at radius 2 is 2.06 bits per heavy atom. The third kappa shape index (κ3) is 2.33. The molecule has 0 saturated heterocycles. The van der Waals surface area contributed by atoms with Crippen LogP contribution in [0.3, 0.4) is 0 Å². The van der Waals surface area contributed by atoms with Gasteiger partial charge >= 0.3 is 0 Å². The van der Waals surface area contributed by atoms with Crippen molar-refractivity contribution in [2.24, 2.45) is 7.05 Å². The first-order valence-corrected chi connectivity index (χ1v) is 6.01. The van der Waals surface area contributed by atoms with Crippen molar-refractivity contribution in [3.05, 3.63) is 35.7 Å². The minimum atomic E-state index is 0.812. The molecule has 0 atom stereocenters. The Hall–Kier alpha value is -1.77. The number of benzene rings is 1. The molecule has 0 fully saturated rings. The largest absolute Gasteiger partial charge is 0.399 e. The topological polar surface area (TPSA) is 43.8 Å². The minimum absolute atomic E-state index is 0.812. The van der Waals surface area contributed by atoms with Gasteiger partial charge in [0.1, 0.15) is 0 Å². The van der Waals surface area contributed by atoms with Crippen molar-refractivity contribution >= 4 is 5.69 Å². The van der Waals surface area contributed by atoms with Gasteiger partial charge in [-0.3, -0.25) is 4.68 Å². The summed E-state index contributed by atoms with van der Waals surface area (Å²) in [7, 11) is 1.97. The molecule has 0 aliphatic rings. The summed E-state index contributed by atoms with van der Waals surface area (Å²) in [6, 6.07) is 6.05. The molecule has 1 heterocycles. The van der Waals surface area contributed by atoms with Crippen LogP contribution in [0.15, 0.2) is 24.4 Å². The van der Waals surface area contributed by atoms with Gasteiger partial charge in [0, 0.05) is 24.5 Å². The van der Waals surface area contributed by atoms with Crippen molar-refractivity contribution in [3.8, 4) is 11.1 Å². The van der Waals surface area contributed by atoms with Crippen molar-refractivity contribution in [2.75, 3.05) is 5.73 Å². The lowest BCUT2D eigenvalue weighted by Crippen LogP contribution is -1.92. The van der Waals surface area contributed by atoms with E-state index in [4.69, 9.17) is 5.73 Å². The Labute approximate surface area is 102 Å². The second-order valence-electron chi connectivity index (χ2n) is 4.49. The Balaban J connectivity index is 2.51. The van der Waals surface area contributed by atoms with Crippen LogP contribution in [-0.4, -0.2) is 9.78 Å². The zero-order valence-electron chi connectivity index (χ0n) is 10.7. The molecule has 1 aromatic heterocycles. The van der Waals surface area contributed by atoms with Crippen LogP contribution in [0.5, 0.6) is 0 Å². The van der Waals surface area contributed by atoms with Gasteiger partial charge in [-0.1, -0.05) is 19.4 Å². The Morgan fingerprint density at radius 1 is 1.29 bits per heavy atom. The van der Waals surface area contributed by atoms with E-state index in [2.05, 4.69) is 31.2 Å². The van der Waals surface area contributed by atoms with Crippen molar-refractivity contribution in [2.45, 2.75) is 26.7 Å². The molecule has 17 heavy (non-hydrogen) atoms. The van der Waals surface area contributed by atoms with Crippen LogP contribution < -0.4 is 5.73 Å². The average Bonchev–Trinajstić information content (AvgIpc) is 2.60. The van der Waals surface area contributed by atoms with Crippen LogP contribution in [0.1, 0.15) is 24.6 Å². The second-order valence-corrected chi connectivity index (χ2v) is 4.49. The molecule has 0 amide bonds. The van der Waals surface area contributed by atoms with Crippen LogP contribution >= 0.6 is 0 Å². The molecular formula is C14H19N3. The number of aryl methyl sites for hydroxylation is 3. The van der Waals surface area contributed by atoms with Gasteiger partial charge in [-0.2, -0.15) is 5.10 Å². The van der Waals surface area contributed by atoms with Gasteiger partial charge < -0.3 is 5.73 Å². The molecular weight excluding hydrogens is 210 g/mol. The van der Waals surface area contributed by atoms with E-state index in [1.54, 1.807) is 0 Å². The first-order valence-electron chi connectivity index (χ1n) is 6.01. The first-order chi connectivity index (χ1) is 8.11. The monoisotopic (exact) mass is 229 g/mol. The number of nitrogens with zero attached hydrogens (tertiary/aromatic N) is 2. The zero-order valence-corrected chi connectivity index (χ0v) is 10.7. The summed E-state index contributed by atoms with van der Waals surface area (Å²) < 4.78 is 1.89. The third-order valence-electron chi connectivity index (χ3n) is 2.93. The van der Waals surface area contributed by atoms with E-state index >= 15 is 0 Å². The summed E-state index contributed by atoms with van der Waals surface area (Å²) in [6.45, 7) is 4.27. The maximum atomic E-state index is 5.79. The number of hydrogen-bond acceptors (Lipinski definition) is 2. The van der Waals surface area contributed by atoms with Crippen LogP contribution in [-0.2, 0) is 13.5 Å². The summed E-state index contributed by atoms with van der Waals surface area (Å²) in [4.78, 5) is 0. The standard InChI is InChI=1S/C14H19N3/c1-4-5-14-13(9-17(3)16-14)12-7-6-11(15)8-10(12)2/h6-9H,4-5,15H2,1-3H3. The number of nitrogens with two attached hydrogens (primary N) is 1. The smallest absolute Gasteiger partial charge is 0.0702 e. The quantitative estimate of drug-likeness (QED) is 0.822. The van der Waals surface area contributed by atoms with E-state index in [-0.39, 0.29) is 0 Å². The number of aromatic nitrogens is 2. The predicted molar refractivity (Wildman–Crippen MR) is 71.8 cm³/mol. The Kier molecular flexibility index (Phi) is 3.18. The van der Waals surface area contributed by atoms with Crippen molar-refractivity contribution < 1.29 is 0 Å². The highest BCUT2D eigenvalue weighted by atomic mass is 15.2. The van der Waals surface area contributed by atoms with Gasteiger partial charge in [-0.05, 0) is 36.6 Å². The van der Waals surface area contributed by atoms with E-state index < -0.39 is 0 Å². The Bertz CT molecular complexity index is 526. The Morgan fingerprint density at radius 3 is 2.71 bits per heavy atom. The van der Waals surface area contributed by atoms with Crippen LogP contribution in [0, 0.1) is 6.92 Å². The van der Waals surface area contributed by atoms with E-state index in [1.807, 2.05) is 23.9 Å². The van der Waals surface area contributed by atoms with Crippen molar-refractivity contribution in [1.29, 1.82) is 0 Å². The fourth-order valence-corrected chi connectivity index (χ4v) is 2.17. The minimum Gasteiger partial charge on any atom is -0.399 e. The molecule has 0 unspecified atom stereocenters. The van der Waals surface area contributed by atoms with Gasteiger partial charge in [0.2, 0.25) is 0 Å². The second kappa shape index (κ2) is 4.62. The highest BCUT2D eigenvalue weighted by Crippen LogP contribution is 2.28. The fourth-order valence-electron chi connectivity index (χ4n) is 2.17. The summed E-state index contributed by atoms with van der Waals surface area (Å²) >= 11 is 0. The van der Waals surface area contributed by atoms with Gasteiger partial charge in [0.25, 0.3) is 0 Å². The van der Waals surface area contributed by atoms with Crippen LogP contribution in [0.4, 0.5) is 5.69 Å². The molecule has 0 radical (unpaired) electrons.